The number of H-pyrrole nitrogens is 1. The van der Waals surface area contributed by atoms with Crippen LogP contribution in [0.5, 0.6) is 0 Å². The summed E-state index contributed by atoms with van der Waals surface area (Å²) < 4.78 is 2.04. The van der Waals surface area contributed by atoms with Gasteiger partial charge in [-0.05, 0) is 19.1 Å². The maximum absolute atomic E-state index is 6.24. The predicted octanol–water partition coefficient (Wildman–Crippen LogP) is 2.68. The molecule has 3 aromatic rings. The fraction of sp³-hybridized carbons (Fsp3) is 0.167. The summed E-state index contributed by atoms with van der Waals surface area (Å²) in [6.45, 7) is 2.81. The Bertz CT molecular complexity index is 712. The minimum Gasteiger partial charge on any atom is -0.383 e. The molecule has 6 heteroatoms. The minimum absolute atomic E-state index is 0.510. The first-order valence-corrected chi connectivity index (χ1v) is 6.04. The molecule has 3 N–H and O–H groups in total. The van der Waals surface area contributed by atoms with Crippen LogP contribution in [0.3, 0.4) is 0 Å². The third-order valence-electron chi connectivity index (χ3n) is 2.94. The van der Waals surface area contributed by atoms with E-state index in [1.54, 1.807) is 6.20 Å². The summed E-state index contributed by atoms with van der Waals surface area (Å²) in [4.78, 5) is 4.59. The molecule has 18 heavy (non-hydrogen) atoms. The van der Waals surface area contributed by atoms with E-state index in [-0.39, 0.29) is 0 Å². The van der Waals surface area contributed by atoms with Crippen molar-refractivity contribution in [2.45, 2.75) is 13.5 Å². The van der Waals surface area contributed by atoms with Crippen LogP contribution in [0, 0.1) is 0 Å². The van der Waals surface area contributed by atoms with E-state index in [2.05, 4.69) is 15.2 Å². The fourth-order valence-electron chi connectivity index (χ4n) is 2.13. The largest absolute Gasteiger partial charge is 0.383 e. The van der Waals surface area contributed by atoms with Gasteiger partial charge in [0.05, 0.1) is 27.8 Å². The molecular weight excluding hydrogens is 250 g/mol. The molecule has 0 aliphatic carbocycles. The highest BCUT2D eigenvalue weighted by Gasteiger charge is 2.16. The number of nitrogens with zero attached hydrogens (tertiary/aromatic N) is 3. The molecule has 0 saturated heterocycles. The van der Waals surface area contributed by atoms with Crippen LogP contribution in [-0.2, 0) is 6.54 Å². The molecule has 0 saturated carbocycles. The number of hydrogen-bond donors (Lipinski definition) is 2. The Morgan fingerprint density at radius 1 is 1.44 bits per heavy atom. The maximum atomic E-state index is 6.24. The first-order chi connectivity index (χ1) is 8.72. The van der Waals surface area contributed by atoms with Crippen LogP contribution < -0.4 is 5.73 Å². The topological polar surface area (TPSA) is 72.5 Å². The van der Waals surface area contributed by atoms with Crippen LogP contribution in [0.2, 0.25) is 5.02 Å². The van der Waals surface area contributed by atoms with Crippen molar-refractivity contribution in [3.8, 4) is 11.4 Å². The van der Waals surface area contributed by atoms with E-state index in [4.69, 9.17) is 17.3 Å². The quantitative estimate of drug-likeness (QED) is 0.745. The van der Waals surface area contributed by atoms with E-state index in [0.29, 0.717) is 10.8 Å². The Kier molecular flexibility index (Phi) is 2.48. The van der Waals surface area contributed by atoms with Gasteiger partial charge in [0.1, 0.15) is 11.6 Å². The molecule has 0 bridgehead atoms. The second-order valence-electron chi connectivity index (χ2n) is 3.98. The number of imidazole rings is 1. The highest BCUT2D eigenvalue weighted by molar-refractivity contribution is 6.35. The molecule has 0 aliphatic heterocycles. The van der Waals surface area contributed by atoms with Gasteiger partial charge in [0, 0.05) is 6.54 Å². The lowest BCUT2D eigenvalue weighted by Crippen LogP contribution is -1.99. The summed E-state index contributed by atoms with van der Waals surface area (Å²) in [6.07, 6.45) is 1.68. The zero-order chi connectivity index (χ0) is 12.7. The lowest BCUT2D eigenvalue weighted by atomic mass is 10.3. The molecule has 2 heterocycles. The maximum Gasteiger partial charge on any atom is 0.146 e. The number of fused-ring (bicyclic) bond motifs is 1. The number of nitrogens with one attached hydrogen (secondary N) is 1. The SMILES string of the molecule is CCn1c(-c2cn[nH]c2N)nc2cccc(Cl)c21. The number of aryl methyl sites for hydroxylation is 1. The van der Waals surface area contributed by atoms with E-state index in [9.17, 15) is 0 Å². The first kappa shape index (κ1) is 11.1. The zero-order valence-corrected chi connectivity index (χ0v) is 10.6. The molecule has 1 aromatic carbocycles. The van der Waals surface area contributed by atoms with Gasteiger partial charge in [0.25, 0.3) is 0 Å². The smallest absolute Gasteiger partial charge is 0.146 e. The predicted molar refractivity (Wildman–Crippen MR) is 72.4 cm³/mol. The van der Waals surface area contributed by atoms with Crippen LogP contribution in [0.15, 0.2) is 24.4 Å². The Hall–Kier alpha value is -2.01. The third-order valence-corrected chi connectivity index (χ3v) is 3.25. The molecular formula is C12H12ClN5. The van der Waals surface area contributed by atoms with E-state index < -0.39 is 0 Å². The third kappa shape index (κ3) is 1.48. The van der Waals surface area contributed by atoms with Crippen molar-refractivity contribution in [1.29, 1.82) is 0 Å². The van der Waals surface area contributed by atoms with Crippen molar-refractivity contribution < 1.29 is 0 Å². The standard InChI is InChI=1S/C12H12ClN5/c1-2-18-10-8(13)4-3-5-9(10)16-12(18)7-6-15-17-11(7)14/h3-6H,2H2,1H3,(H3,14,15,17). The fourth-order valence-corrected chi connectivity index (χ4v) is 2.40. The molecule has 0 atom stereocenters. The molecule has 3 rings (SSSR count). The van der Waals surface area contributed by atoms with Crippen molar-refractivity contribution in [1.82, 2.24) is 19.7 Å². The van der Waals surface area contributed by atoms with Crippen LogP contribution in [0.25, 0.3) is 22.4 Å². The lowest BCUT2D eigenvalue weighted by Gasteiger charge is -2.05. The number of nitrogens with two attached hydrogens (primary N) is 1. The van der Waals surface area contributed by atoms with Crippen molar-refractivity contribution >= 4 is 28.5 Å². The number of para-hydroxylation sites is 1. The molecule has 0 aliphatic rings. The van der Waals surface area contributed by atoms with E-state index in [1.807, 2.05) is 29.7 Å². The Balaban J connectivity index is 2.37. The molecule has 0 amide bonds. The van der Waals surface area contributed by atoms with E-state index >= 15 is 0 Å². The number of aromatic amines is 1. The van der Waals surface area contributed by atoms with Crippen LogP contribution >= 0.6 is 11.6 Å². The molecule has 0 spiro atoms. The molecule has 5 nitrogen and oxygen atoms in total. The van der Waals surface area contributed by atoms with Gasteiger partial charge in [-0.25, -0.2) is 4.98 Å². The Morgan fingerprint density at radius 2 is 2.28 bits per heavy atom. The van der Waals surface area contributed by atoms with E-state index in [1.165, 1.54) is 0 Å². The van der Waals surface area contributed by atoms with Gasteiger partial charge in [-0.3, -0.25) is 5.10 Å². The van der Waals surface area contributed by atoms with Gasteiger partial charge in [-0.2, -0.15) is 5.10 Å². The van der Waals surface area contributed by atoms with E-state index in [0.717, 1.165) is 29.0 Å². The van der Waals surface area contributed by atoms with Gasteiger partial charge in [0.15, 0.2) is 0 Å². The number of anilines is 1. The summed E-state index contributed by atoms with van der Waals surface area (Å²) >= 11 is 6.24. The van der Waals surface area contributed by atoms with Crippen molar-refractivity contribution in [3.05, 3.63) is 29.4 Å². The summed E-state index contributed by atoms with van der Waals surface area (Å²) in [5, 5.41) is 7.34. The van der Waals surface area contributed by atoms with Gasteiger partial charge < -0.3 is 10.3 Å². The summed E-state index contributed by atoms with van der Waals surface area (Å²) in [5.41, 5.74) is 8.44. The lowest BCUT2D eigenvalue weighted by molar-refractivity contribution is 0.797. The number of nitrogen functional groups attached to an aromatic ring is 1. The number of halogens is 1. The zero-order valence-electron chi connectivity index (χ0n) is 9.81. The van der Waals surface area contributed by atoms with Gasteiger partial charge in [0.2, 0.25) is 0 Å². The Labute approximate surface area is 109 Å². The second kappa shape index (κ2) is 4.03. The average molecular weight is 262 g/mol. The monoisotopic (exact) mass is 261 g/mol. The van der Waals surface area contributed by atoms with Gasteiger partial charge >= 0.3 is 0 Å². The number of aromatic nitrogens is 4. The molecule has 0 radical (unpaired) electrons. The number of benzene rings is 1. The average Bonchev–Trinajstić information content (AvgIpc) is 2.92. The van der Waals surface area contributed by atoms with Gasteiger partial charge in [-0.1, -0.05) is 17.7 Å². The highest BCUT2D eigenvalue weighted by Crippen LogP contribution is 2.31. The van der Waals surface area contributed by atoms with Crippen molar-refractivity contribution in [2.75, 3.05) is 5.73 Å². The first-order valence-electron chi connectivity index (χ1n) is 5.66. The molecule has 0 fully saturated rings. The van der Waals surface area contributed by atoms with Gasteiger partial charge in [-0.15, -0.1) is 0 Å². The van der Waals surface area contributed by atoms with Crippen LogP contribution in [0.1, 0.15) is 6.92 Å². The normalized spacial score (nSPS) is 11.2. The second-order valence-corrected chi connectivity index (χ2v) is 4.39. The van der Waals surface area contributed by atoms with Crippen molar-refractivity contribution in [2.24, 2.45) is 0 Å². The molecule has 92 valence electrons. The highest BCUT2D eigenvalue weighted by atomic mass is 35.5. The number of rotatable bonds is 2. The van der Waals surface area contributed by atoms with Crippen molar-refractivity contribution in [3.63, 3.8) is 0 Å². The minimum atomic E-state index is 0.510. The molecule has 2 aromatic heterocycles. The molecule has 0 unspecified atom stereocenters. The summed E-state index contributed by atoms with van der Waals surface area (Å²) in [6, 6.07) is 5.69. The summed E-state index contributed by atoms with van der Waals surface area (Å²) in [7, 11) is 0. The Morgan fingerprint density at radius 3 is 2.94 bits per heavy atom. The van der Waals surface area contributed by atoms with Crippen LogP contribution in [-0.4, -0.2) is 19.7 Å². The van der Waals surface area contributed by atoms with Crippen LogP contribution in [0.4, 0.5) is 5.82 Å². The summed E-state index contributed by atoms with van der Waals surface area (Å²) in [5.74, 6) is 1.29. The number of hydrogen-bond acceptors (Lipinski definition) is 3.